The van der Waals surface area contributed by atoms with Crippen LogP contribution in [0.25, 0.3) is 0 Å². The molecule has 0 spiro atoms. The van der Waals surface area contributed by atoms with Crippen molar-refractivity contribution < 1.29 is 14.3 Å². The van der Waals surface area contributed by atoms with E-state index in [0.29, 0.717) is 10.0 Å². The number of benzene rings is 1. The summed E-state index contributed by atoms with van der Waals surface area (Å²) >= 11 is 1.23. The molecule has 21 heavy (non-hydrogen) atoms. The lowest BCUT2D eigenvalue weighted by molar-refractivity contribution is 0.0918. The van der Waals surface area contributed by atoms with Crippen molar-refractivity contribution in [2.75, 3.05) is 18.4 Å². The average molecular weight is 309 g/mol. The zero-order chi connectivity index (χ0) is 15.2. The number of carbonyl (C=O) groups is 1. The Bertz CT molecular complexity index is 618. The third-order valence-electron chi connectivity index (χ3n) is 2.78. The number of anilines is 1. The molecule has 3 N–H and O–H groups in total. The molecular formula is C14H16FN3O2S. The second-order valence-corrected chi connectivity index (χ2v) is 5.34. The first-order valence-electron chi connectivity index (χ1n) is 6.52. The van der Waals surface area contributed by atoms with Gasteiger partial charge < -0.3 is 15.7 Å². The first-order chi connectivity index (χ1) is 10.1. The van der Waals surface area contributed by atoms with E-state index in [-0.39, 0.29) is 18.0 Å². The Morgan fingerprint density at radius 2 is 2.24 bits per heavy atom. The minimum absolute atomic E-state index is 0.0613. The van der Waals surface area contributed by atoms with Gasteiger partial charge in [-0.1, -0.05) is 29.5 Å². The number of nitrogens with zero attached hydrogens (tertiary/aromatic N) is 1. The van der Waals surface area contributed by atoms with Crippen LogP contribution in [0.3, 0.4) is 0 Å². The van der Waals surface area contributed by atoms with Crippen LogP contribution in [0.1, 0.15) is 28.3 Å². The lowest BCUT2D eigenvalue weighted by atomic mass is 10.1. The van der Waals surface area contributed by atoms with Gasteiger partial charge in [0.25, 0.3) is 5.91 Å². The largest absolute Gasteiger partial charge is 0.386 e. The molecule has 2 aromatic rings. The molecular weight excluding hydrogens is 293 g/mol. The second-order valence-electron chi connectivity index (χ2n) is 4.31. The predicted molar refractivity (Wildman–Crippen MR) is 80.0 cm³/mol. The molecule has 0 bridgehead atoms. The smallest absolute Gasteiger partial charge is 0.263 e. The van der Waals surface area contributed by atoms with E-state index in [4.69, 9.17) is 0 Å². The summed E-state index contributed by atoms with van der Waals surface area (Å²) in [7, 11) is 0. The molecule has 5 nitrogen and oxygen atoms in total. The van der Waals surface area contributed by atoms with Crippen molar-refractivity contribution in [1.82, 2.24) is 10.3 Å². The van der Waals surface area contributed by atoms with Gasteiger partial charge in [0.15, 0.2) is 5.13 Å². The van der Waals surface area contributed by atoms with Crippen LogP contribution < -0.4 is 10.6 Å². The summed E-state index contributed by atoms with van der Waals surface area (Å²) in [5.74, 6) is -0.835. The van der Waals surface area contributed by atoms with Crippen LogP contribution in [-0.2, 0) is 0 Å². The minimum Gasteiger partial charge on any atom is -0.386 e. The van der Waals surface area contributed by atoms with E-state index in [9.17, 15) is 14.3 Å². The molecule has 0 saturated carbocycles. The van der Waals surface area contributed by atoms with E-state index in [2.05, 4.69) is 15.6 Å². The number of halogens is 1. The van der Waals surface area contributed by atoms with Crippen molar-refractivity contribution in [1.29, 1.82) is 0 Å². The maximum atomic E-state index is 13.5. The highest BCUT2D eigenvalue weighted by molar-refractivity contribution is 7.17. The fraction of sp³-hybridized carbons (Fsp3) is 0.286. The topological polar surface area (TPSA) is 74.2 Å². The molecule has 0 aliphatic carbocycles. The molecule has 1 aromatic heterocycles. The maximum Gasteiger partial charge on any atom is 0.263 e. The number of hydrogen-bond acceptors (Lipinski definition) is 5. The van der Waals surface area contributed by atoms with Crippen molar-refractivity contribution in [3.63, 3.8) is 0 Å². The molecule has 1 amide bonds. The van der Waals surface area contributed by atoms with Gasteiger partial charge in [0, 0.05) is 18.7 Å². The lowest BCUT2D eigenvalue weighted by Gasteiger charge is -2.12. The van der Waals surface area contributed by atoms with Gasteiger partial charge in [-0.15, -0.1) is 0 Å². The van der Waals surface area contributed by atoms with Crippen molar-refractivity contribution >= 4 is 22.4 Å². The van der Waals surface area contributed by atoms with E-state index in [1.54, 1.807) is 12.1 Å². The number of nitrogens with one attached hydrogen (secondary N) is 2. The van der Waals surface area contributed by atoms with Crippen LogP contribution in [0.2, 0.25) is 0 Å². The minimum atomic E-state index is -1.09. The molecule has 0 radical (unpaired) electrons. The highest BCUT2D eigenvalue weighted by Gasteiger charge is 2.15. The molecule has 0 aliphatic heterocycles. The van der Waals surface area contributed by atoms with Crippen molar-refractivity contribution in [2.45, 2.75) is 13.0 Å². The summed E-state index contributed by atoms with van der Waals surface area (Å²) in [6.45, 7) is 2.60. The summed E-state index contributed by atoms with van der Waals surface area (Å²) in [5, 5.41) is 16.1. The number of thiazole rings is 1. The molecule has 112 valence electrons. The highest BCUT2D eigenvalue weighted by Crippen LogP contribution is 2.19. The number of aliphatic hydroxyl groups excluding tert-OH is 1. The van der Waals surface area contributed by atoms with Gasteiger partial charge in [0.05, 0.1) is 12.3 Å². The van der Waals surface area contributed by atoms with Crippen LogP contribution >= 0.6 is 11.3 Å². The van der Waals surface area contributed by atoms with Gasteiger partial charge in [-0.3, -0.25) is 4.79 Å². The number of hydrogen-bond donors (Lipinski definition) is 3. The average Bonchev–Trinajstić information content (AvgIpc) is 2.94. The molecule has 2 rings (SSSR count). The molecule has 1 unspecified atom stereocenters. The van der Waals surface area contributed by atoms with Crippen LogP contribution in [0.15, 0.2) is 30.5 Å². The van der Waals surface area contributed by atoms with Gasteiger partial charge in [0.1, 0.15) is 10.7 Å². The Labute approximate surface area is 125 Å². The third kappa shape index (κ3) is 3.99. The normalized spacial score (nSPS) is 12.0. The number of carbonyl (C=O) groups excluding carboxylic acids is 1. The molecule has 1 aromatic carbocycles. The molecule has 0 saturated heterocycles. The standard InChI is InChI=1S/C14H16FN3O2S/c1-2-16-14-18-8-12(21-14)13(20)17-7-11(19)9-5-3-4-6-10(9)15/h3-6,8,11,19H,2,7H2,1H3,(H,16,18)(H,17,20). The summed E-state index contributed by atoms with van der Waals surface area (Å²) in [6, 6.07) is 5.94. The van der Waals surface area contributed by atoms with E-state index in [0.717, 1.165) is 6.54 Å². The molecule has 1 heterocycles. The highest BCUT2D eigenvalue weighted by atomic mass is 32.1. The van der Waals surface area contributed by atoms with E-state index >= 15 is 0 Å². The van der Waals surface area contributed by atoms with Crippen LogP contribution in [-0.4, -0.2) is 29.1 Å². The molecule has 0 aliphatic rings. The van der Waals surface area contributed by atoms with Crippen LogP contribution in [0, 0.1) is 5.82 Å². The third-order valence-corrected chi connectivity index (χ3v) is 3.73. The van der Waals surface area contributed by atoms with Gasteiger partial charge in [-0.25, -0.2) is 9.37 Å². The van der Waals surface area contributed by atoms with E-state index in [1.165, 1.54) is 29.7 Å². The number of rotatable bonds is 6. The van der Waals surface area contributed by atoms with Crippen molar-refractivity contribution in [2.24, 2.45) is 0 Å². The zero-order valence-corrected chi connectivity index (χ0v) is 12.3. The van der Waals surface area contributed by atoms with E-state index in [1.807, 2.05) is 6.92 Å². The van der Waals surface area contributed by atoms with Crippen LogP contribution in [0.4, 0.5) is 9.52 Å². The Morgan fingerprint density at radius 1 is 1.48 bits per heavy atom. The molecule has 0 fully saturated rings. The number of aliphatic hydroxyl groups is 1. The van der Waals surface area contributed by atoms with Crippen molar-refractivity contribution in [3.8, 4) is 0 Å². The lowest BCUT2D eigenvalue weighted by Crippen LogP contribution is -2.28. The van der Waals surface area contributed by atoms with Gasteiger partial charge in [0.2, 0.25) is 0 Å². The molecule has 7 heteroatoms. The summed E-state index contributed by atoms with van der Waals surface area (Å²) in [5.41, 5.74) is 0.162. The molecule has 1 atom stereocenters. The quantitative estimate of drug-likeness (QED) is 0.764. The second kappa shape index (κ2) is 7.14. The predicted octanol–water partition coefficient (Wildman–Crippen LogP) is 2.18. The Morgan fingerprint density at radius 3 is 2.95 bits per heavy atom. The van der Waals surface area contributed by atoms with Crippen molar-refractivity contribution in [3.05, 3.63) is 46.7 Å². The monoisotopic (exact) mass is 309 g/mol. The number of aromatic nitrogens is 1. The first kappa shape index (κ1) is 15.4. The fourth-order valence-electron chi connectivity index (χ4n) is 1.74. The summed E-state index contributed by atoms with van der Waals surface area (Å²) < 4.78 is 13.5. The SMILES string of the molecule is CCNc1ncc(C(=O)NCC(O)c2ccccc2F)s1. The Balaban J connectivity index is 1.92. The first-order valence-corrected chi connectivity index (χ1v) is 7.34. The Kier molecular flexibility index (Phi) is 5.24. The van der Waals surface area contributed by atoms with Crippen LogP contribution in [0.5, 0.6) is 0 Å². The van der Waals surface area contributed by atoms with E-state index < -0.39 is 11.9 Å². The van der Waals surface area contributed by atoms with Gasteiger partial charge in [-0.05, 0) is 13.0 Å². The Hall–Kier alpha value is -1.99. The van der Waals surface area contributed by atoms with Gasteiger partial charge >= 0.3 is 0 Å². The summed E-state index contributed by atoms with van der Waals surface area (Å²) in [6.07, 6.45) is 0.379. The van der Waals surface area contributed by atoms with Gasteiger partial charge in [-0.2, -0.15) is 0 Å². The zero-order valence-electron chi connectivity index (χ0n) is 11.5. The number of amides is 1. The fourth-order valence-corrected chi connectivity index (χ4v) is 2.54. The maximum absolute atomic E-state index is 13.5. The summed E-state index contributed by atoms with van der Waals surface area (Å²) in [4.78, 5) is 16.4.